The smallest absolute Gasteiger partial charge is 0.255 e. The number of nitrogens with zero attached hydrogens (tertiary/aromatic N) is 3. The van der Waals surface area contributed by atoms with Gasteiger partial charge in [-0.2, -0.15) is 4.31 Å². The van der Waals surface area contributed by atoms with Crippen LogP contribution in [-0.4, -0.2) is 54.7 Å². The van der Waals surface area contributed by atoms with Gasteiger partial charge in [-0.05, 0) is 55.7 Å². The Balaban J connectivity index is 1.75. The van der Waals surface area contributed by atoms with E-state index in [1.807, 2.05) is 26.8 Å². The zero-order valence-electron chi connectivity index (χ0n) is 15.3. The van der Waals surface area contributed by atoms with Gasteiger partial charge in [-0.15, -0.1) is 0 Å². The standard InChI is InChI=1S/C19H23N3O3S/c1-14-11-16(3)18(12-15(14)2)26(24,25)22-9-7-21(8-10-22)19(23)17-5-4-6-20-13-17/h4-6,11-13H,7-10H2,1-3H3. The van der Waals surface area contributed by atoms with Gasteiger partial charge in [0.25, 0.3) is 5.91 Å². The topological polar surface area (TPSA) is 70.6 Å². The van der Waals surface area contributed by atoms with Crippen LogP contribution in [0.25, 0.3) is 0 Å². The molecule has 0 saturated carbocycles. The van der Waals surface area contributed by atoms with E-state index in [0.29, 0.717) is 36.6 Å². The zero-order chi connectivity index (χ0) is 18.9. The van der Waals surface area contributed by atoms with Gasteiger partial charge in [-0.3, -0.25) is 9.78 Å². The third-order valence-corrected chi connectivity index (χ3v) is 6.88. The van der Waals surface area contributed by atoms with E-state index in [2.05, 4.69) is 4.98 Å². The van der Waals surface area contributed by atoms with Crippen molar-refractivity contribution in [2.45, 2.75) is 25.7 Å². The first-order valence-corrected chi connectivity index (χ1v) is 10.0. The summed E-state index contributed by atoms with van der Waals surface area (Å²) in [7, 11) is -3.56. The molecular weight excluding hydrogens is 350 g/mol. The van der Waals surface area contributed by atoms with Crippen LogP contribution in [0.2, 0.25) is 0 Å². The number of amides is 1. The highest BCUT2D eigenvalue weighted by Crippen LogP contribution is 2.24. The lowest BCUT2D eigenvalue weighted by molar-refractivity contribution is 0.0697. The van der Waals surface area contributed by atoms with Gasteiger partial charge < -0.3 is 4.90 Å². The molecule has 1 aromatic carbocycles. The molecule has 1 aliphatic rings. The van der Waals surface area contributed by atoms with Crippen LogP contribution in [0.4, 0.5) is 0 Å². The predicted molar refractivity (Wildman–Crippen MR) is 99.6 cm³/mol. The number of carbonyl (C=O) groups is 1. The third kappa shape index (κ3) is 3.50. The van der Waals surface area contributed by atoms with E-state index < -0.39 is 10.0 Å². The summed E-state index contributed by atoms with van der Waals surface area (Å²) >= 11 is 0. The van der Waals surface area contributed by atoms with E-state index in [1.165, 1.54) is 10.5 Å². The van der Waals surface area contributed by atoms with E-state index in [4.69, 9.17) is 0 Å². The second-order valence-electron chi connectivity index (χ2n) is 6.64. The minimum atomic E-state index is -3.56. The van der Waals surface area contributed by atoms with E-state index in [-0.39, 0.29) is 5.91 Å². The number of rotatable bonds is 3. The predicted octanol–water partition coefficient (Wildman–Crippen LogP) is 2.15. The molecule has 138 valence electrons. The summed E-state index contributed by atoms with van der Waals surface area (Å²) in [4.78, 5) is 18.5. The highest BCUT2D eigenvalue weighted by molar-refractivity contribution is 7.89. The minimum absolute atomic E-state index is 0.113. The second-order valence-corrected chi connectivity index (χ2v) is 8.55. The van der Waals surface area contributed by atoms with Gasteiger partial charge in [-0.1, -0.05) is 6.07 Å². The Morgan fingerprint density at radius 3 is 2.27 bits per heavy atom. The molecule has 7 heteroatoms. The monoisotopic (exact) mass is 373 g/mol. The molecule has 2 heterocycles. The molecule has 1 saturated heterocycles. The van der Waals surface area contributed by atoms with Crippen LogP contribution in [0.15, 0.2) is 41.6 Å². The first-order chi connectivity index (χ1) is 12.3. The molecular formula is C19H23N3O3S. The average Bonchev–Trinajstić information content (AvgIpc) is 2.65. The molecule has 0 N–H and O–H groups in total. The molecule has 1 fully saturated rings. The van der Waals surface area contributed by atoms with Crippen molar-refractivity contribution in [3.8, 4) is 0 Å². The highest BCUT2D eigenvalue weighted by Gasteiger charge is 2.31. The first-order valence-electron chi connectivity index (χ1n) is 8.58. The van der Waals surface area contributed by atoms with E-state index >= 15 is 0 Å². The fourth-order valence-electron chi connectivity index (χ4n) is 3.15. The number of sulfonamides is 1. The average molecular weight is 373 g/mol. The molecule has 1 aliphatic heterocycles. The van der Waals surface area contributed by atoms with Crippen molar-refractivity contribution in [3.63, 3.8) is 0 Å². The van der Waals surface area contributed by atoms with Crippen LogP contribution >= 0.6 is 0 Å². The number of hydrogen-bond donors (Lipinski definition) is 0. The number of benzene rings is 1. The fraction of sp³-hybridized carbons (Fsp3) is 0.368. The Bertz CT molecular complexity index is 919. The number of hydrogen-bond acceptors (Lipinski definition) is 4. The quantitative estimate of drug-likeness (QED) is 0.827. The number of carbonyl (C=O) groups excluding carboxylic acids is 1. The van der Waals surface area contributed by atoms with Gasteiger partial charge in [0.1, 0.15) is 0 Å². The van der Waals surface area contributed by atoms with Crippen LogP contribution in [-0.2, 0) is 10.0 Å². The van der Waals surface area contributed by atoms with Crippen LogP contribution in [0.3, 0.4) is 0 Å². The van der Waals surface area contributed by atoms with E-state index in [9.17, 15) is 13.2 Å². The molecule has 0 radical (unpaired) electrons. The van der Waals surface area contributed by atoms with Crippen molar-refractivity contribution in [1.29, 1.82) is 0 Å². The van der Waals surface area contributed by atoms with Crippen molar-refractivity contribution < 1.29 is 13.2 Å². The number of piperazine rings is 1. The molecule has 0 aliphatic carbocycles. The van der Waals surface area contributed by atoms with Gasteiger partial charge in [0.05, 0.1) is 10.5 Å². The summed E-state index contributed by atoms with van der Waals surface area (Å²) in [6, 6.07) is 7.09. The lowest BCUT2D eigenvalue weighted by Crippen LogP contribution is -2.50. The molecule has 3 rings (SSSR count). The van der Waals surface area contributed by atoms with Crippen LogP contribution < -0.4 is 0 Å². The summed E-state index contributed by atoms with van der Waals surface area (Å²) in [5, 5.41) is 0. The van der Waals surface area contributed by atoms with E-state index in [1.54, 1.807) is 29.3 Å². The van der Waals surface area contributed by atoms with Gasteiger partial charge in [0.15, 0.2) is 0 Å². The lowest BCUT2D eigenvalue weighted by Gasteiger charge is -2.34. The Morgan fingerprint density at radius 2 is 1.65 bits per heavy atom. The van der Waals surface area contributed by atoms with Crippen molar-refractivity contribution in [2.24, 2.45) is 0 Å². The summed E-state index contributed by atoms with van der Waals surface area (Å²) < 4.78 is 27.5. The van der Waals surface area contributed by atoms with Gasteiger partial charge in [0.2, 0.25) is 10.0 Å². The van der Waals surface area contributed by atoms with Crippen LogP contribution in [0.5, 0.6) is 0 Å². The largest absolute Gasteiger partial charge is 0.336 e. The van der Waals surface area contributed by atoms with Gasteiger partial charge in [0, 0.05) is 38.6 Å². The third-order valence-electron chi connectivity index (χ3n) is 4.84. The maximum atomic E-state index is 13.0. The Kier molecular flexibility index (Phi) is 5.11. The fourth-order valence-corrected chi connectivity index (χ4v) is 4.87. The summed E-state index contributed by atoms with van der Waals surface area (Å²) in [6.07, 6.45) is 3.15. The maximum Gasteiger partial charge on any atom is 0.255 e. The molecule has 0 spiro atoms. The van der Waals surface area contributed by atoms with Crippen LogP contribution in [0.1, 0.15) is 27.0 Å². The van der Waals surface area contributed by atoms with E-state index in [0.717, 1.165) is 16.7 Å². The molecule has 0 bridgehead atoms. The SMILES string of the molecule is Cc1cc(C)c(S(=O)(=O)N2CCN(C(=O)c3cccnc3)CC2)cc1C. The molecule has 0 unspecified atom stereocenters. The van der Waals surface area contributed by atoms with Crippen molar-refractivity contribution in [3.05, 3.63) is 58.9 Å². The highest BCUT2D eigenvalue weighted by atomic mass is 32.2. The normalized spacial score (nSPS) is 15.9. The van der Waals surface area contributed by atoms with Crippen molar-refractivity contribution >= 4 is 15.9 Å². The second kappa shape index (κ2) is 7.17. The number of pyridine rings is 1. The number of aryl methyl sites for hydroxylation is 3. The lowest BCUT2D eigenvalue weighted by atomic mass is 10.1. The summed E-state index contributed by atoms with van der Waals surface area (Å²) in [5.74, 6) is -0.113. The number of aromatic nitrogens is 1. The summed E-state index contributed by atoms with van der Waals surface area (Å²) in [6.45, 7) is 7.04. The molecule has 0 atom stereocenters. The first kappa shape index (κ1) is 18.5. The zero-order valence-corrected chi connectivity index (χ0v) is 16.1. The van der Waals surface area contributed by atoms with Crippen molar-refractivity contribution in [1.82, 2.24) is 14.2 Å². The Morgan fingerprint density at radius 1 is 1.00 bits per heavy atom. The Hall–Kier alpha value is -2.25. The maximum absolute atomic E-state index is 13.0. The molecule has 2 aromatic rings. The molecule has 1 amide bonds. The molecule has 26 heavy (non-hydrogen) atoms. The molecule has 1 aromatic heterocycles. The minimum Gasteiger partial charge on any atom is -0.336 e. The van der Waals surface area contributed by atoms with Crippen LogP contribution in [0, 0.1) is 20.8 Å². The van der Waals surface area contributed by atoms with Gasteiger partial charge in [-0.25, -0.2) is 8.42 Å². The Labute approximate surface area is 154 Å². The van der Waals surface area contributed by atoms with Gasteiger partial charge >= 0.3 is 0 Å². The summed E-state index contributed by atoms with van der Waals surface area (Å²) in [5.41, 5.74) is 3.31. The molecule has 6 nitrogen and oxygen atoms in total. The van der Waals surface area contributed by atoms with Crippen molar-refractivity contribution in [2.75, 3.05) is 26.2 Å².